The zero-order valence-corrected chi connectivity index (χ0v) is 22.0. The van der Waals surface area contributed by atoms with Crippen LogP contribution in [0.3, 0.4) is 0 Å². The Morgan fingerprint density at radius 2 is 1.50 bits per heavy atom. The summed E-state index contributed by atoms with van der Waals surface area (Å²) in [4.78, 5) is 23.8. The first-order valence-electron chi connectivity index (χ1n) is 13.3. The van der Waals surface area contributed by atoms with Gasteiger partial charge in [-0.1, -0.05) is 76.1 Å². The second kappa shape index (κ2) is 13.0. The molecule has 195 valence electrons. The number of unbranched alkanes of at least 4 members (excludes halogenated alkanes) is 7. The molecule has 1 saturated heterocycles. The van der Waals surface area contributed by atoms with Crippen LogP contribution in [-0.4, -0.2) is 29.7 Å². The molecule has 1 heterocycles. The van der Waals surface area contributed by atoms with Crippen LogP contribution < -0.4 is 4.74 Å². The van der Waals surface area contributed by atoms with E-state index in [9.17, 15) is 14.8 Å². The topological polar surface area (TPSA) is 75.7 Å². The van der Waals surface area contributed by atoms with Crippen LogP contribution in [0.1, 0.15) is 111 Å². The third kappa shape index (κ3) is 6.95. The normalized spacial score (nSPS) is 21.9. The fourth-order valence-electron chi connectivity index (χ4n) is 4.85. The highest BCUT2D eigenvalue weighted by Gasteiger charge is 2.54. The number of rotatable bonds is 14. The van der Waals surface area contributed by atoms with E-state index >= 15 is 0 Å². The Morgan fingerprint density at radius 3 is 2.11 bits per heavy atom. The lowest BCUT2D eigenvalue weighted by Crippen LogP contribution is -2.49. The van der Waals surface area contributed by atoms with Crippen molar-refractivity contribution < 1.29 is 24.3 Å². The first-order chi connectivity index (χ1) is 17.3. The van der Waals surface area contributed by atoms with Crippen molar-refractivity contribution in [3.05, 3.63) is 65.2 Å². The van der Waals surface area contributed by atoms with Gasteiger partial charge in [0.2, 0.25) is 0 Å². The highest BCUT2D eigenvalue weighted by Crippen LogP contribution is 2.47. The van der Waals surface area contributed by atoms with Gasteiger partial charge in [-0.3, -0.25) is 4.79 Å². The molecule has 1 aliphatic heterocycles. The van der Waals surface area contributed by atoms with Gasteiger partial charge in [-0.25, -0.2) is 4.79 Å². The Bertz CT molecular complexity index is 974. The van der Waals surface area contributed by atoms with Crippen LogP contribution in [0, 0.1) is 0 Å². The predicted octanol–water partition coefficient (Wildman–Crippen LogP) is 7.25. The predicted molar refractivity (Wildman–Crippen MR) is 139 cm³/mol. The molecule has 3 rings (SSSR count). The molecule has 0 spiro atoms. The summed E-state index contributed by atoms with van der Waals surface area (Å²) in [5.41, 5.74) is -0.393. The number of carbonyl (C=O) groups excluding carboxylic acids is 2. The fraction of sp³-hybridized carbons (Fsp3) is 0.533. The highest BCUT2D eigenvalue weighted by atomic mass is 16.6. The minimum Gasteiger partial charge on any atom is -0.494 e. The second-order valence-corrected chi connectivity index (χ2v) is 10.2. The summed E-state index contributed by atoms with van der Waals surface area (Å²) in [6, 6.07) is 13.9. The second-order valence-electron chi connectivity index (χ2n) is 10.2. The number of carbonyl (C=O) groups is 2. The average Bonchev–Trinajstić information content (AvgIpc) is 3.13. The Morgan fingerprint density at radius 1 is 0.889 bits per heavy atom. The van der Waals surface area contributed by atoms with E-state index in [0.717, 1.165) is 29.1 Å². The van der Waals surface area contributed by atoms with Crippen molar-refractivity contribution in [1.82, 2.24) is 5.06 Å². The van der Waals surface area contributed by atoms with E-state index in [-0.39, 0.29) is 0 Å². The van der Waals surface area contributed by atoms with E-state index in [4.69, 9.17) is 9.47 Å². The van der Waals surface area contributed by atoms with E-state index in [1.807, 2.05) is 6.92 Å². The molecule has 6 heteroatoms. The van der Waals surface area contributed by atoms with Crippen molar-refractivity contribution in [2.75, 3.05) is 6.61 Å². The van der Waals surface area contributed by atoms with E-state index in [0.29, 0.717) is 30.6 Å². The molecule has 0 bridgehead atoms. The number of aldehydes is 1. The summed E-state index contributed by atoms with van der Waals surface area (Å²) in [7, 11) is 0. The lowest BCUT2D eigenvalue weighted by molar-refractivity contribution is -0.311. The minimum atomic E-state index is -1.28. The third-order valence-electron chi connectivity index (χ3n) is 7.29. The number of hydrogen-bond donors (Lipinski definition) is 0. The molecule has 0 aliphatic carbocycles. The standard InChI is InChI=1S/C30H40NO5/c1-4-5-6-7-8-9-10-11-22-35-27-18-14-25(15-19-27)28(33)36-30(3)21-20-29(2,31(30)34)26-16-12-24(23-32)13-17-26/h12-19,23H,4-11,20-22H2,1-3H3/t29-,30+/m0/s1. The van der Waals surface area contributed by atoms with Crippen LogP contribution >= 0.6 is 0 Å². The van der Waals surface area contributed by atoms with Crippen LogP contribution in [-0.2, 0) is 15.5 Å². The van der Waals surface area contributed by atoms with Gasteiger partial charge in [0.25, 0.3) is 0 Å². The maximum atomic E-state index is 13.3. The fourth-order valence-corrected chi connectivity index (χ4v) is 4.85. The van der Waals surface area contributed by atoms with Crippen molar-refractivity contribution in [1.29, 1.82) is 0 Å². The van der Waals surface area contributed by atoms with Crippen molar-refractivity contribution in [2.45, 2.75) is 96.2 Å². The number of nitrogens with zero attached hydrogens (tertiary/aromatic N) is 1. The molecule has 1 aliphatic rings. The maximum Gasteiger partial charge on any atom is 0.339 e. The molecule has 2 aromatic carbocycles. The lowest BCUT2D eigenvalue weighted by atomic mass is 9.90. The summed E-state index contributed by atoms with van der Waals surface area (Å²) < 4.78 is 11.6. The zero-order chi connectivity index (χ0) is 26.0. The van der Waals surface area contributed by atoms with Gasteiger partial charge in [-0.05, 0) is 56.5 Å². The molecule has 2 atom stereocenters. The van der Waals surface area contributed by atoms with Crippen molar-refractivity contribution in [2.24, 2.45) is 0 Å². The monoisotopic (exact) mass is 494 g/mol. The van der Waals surface area contributed by atoms with Crippen molar-refractivity contribution in [3.63, 3.8) is 0 Å². The van der Waals surface area contributed by atoms with Gasteiger partial charge in [0.05, 0.1) is 17.7 Å². The van der Waals surface area contributed by atoms with Crippen LogP contribution in [0.15, 0.2) is 48.5 Å². The molecule has 0 amide bonds. The SMILES string of the molecule is CCCCCCCCCCOc1ccc(C(=O)O[C@]2(C)CC[C@@](C)(c3ccc(C=O)cc3)N2[O])cc1. The highest BCUT2D eigenvalue weighted by molar-refractivity contribution is 5.89. The van der Waals surface area contributed by atoms with Crippen LogP contribution in [0.4, 0.5) is 0 Å². The Kier molecular flexibility index (Phi) is 10.1. The van der Waals surface area contributed by atoms with Gasteiger partial charge in [-0.2, -0.15) is 0 Å². The maximum absolute atomic E-state index is 13.3. The van der Waals surface area contributed by atoms with Gasteiger partial charge in [0.15, 0.2) is 5.72 Å². The van der Waals surface area contributed by atoms with Crippen molar-refractivity contribution in [3.8, 4) is 5.75 Å². The molecule has 0 N–H and O–H groups in total. The number of hydrogen-bond acceptors (Lipinski definition) is 5. The molecule has 36 heavy (non-hydrogen) atoms. The van der Waals surface area contributed by atoms with Gasteiger partial charge in [0, 0.05) is 12.0 Å². The molecule has 1 radical (unpaired) electrons. The van der Waals surface area contributed by atoms with Gasteiger partial charge in [-0.15, -0.1) is 10.3 Å². The Hall–Kier alpha value is -2.70. The zero-order valence-electron chi connectivity index (χ0n) is 22.0. The largest absolute Gasteiger partial charge is 0.494 e. The number of benzene rings is 2. The van der Waals surface area contributed by atoms with Crippen molar-refractivity contribution >= 4 is 12.3 Å². The number of hydroxylamine groups is 2. The number of esters is 1. The van der Waals surface area contributed by atoms with Crippen LogP contribution in [0.2, 0.25) is 0 Å². The van der Waals surface area contributed by atoms with Crippen LogP contribution in [0.5, 0.6) is 5.75 Å². The molecule has 0 aromatic heterocycles. The Balaban J connectivity index is 1.47. The number of ether oxygens (including phenoxy) is 2. The average molecular weight is 495 g/mol. The molecule has 0 saturated carbocycles. The molecule has 0 unspecified atom stereocenters. The quantitative estimate of drug-likeness (QED) is 0.157. The first-order valence-corrected chi connectivity index (χ1v) is 13.3. The minimum absolute atomic E-state index is 0.382. The lowest BCUT2D eigenvalue weighted by Gasteiger charge is -2.36. The van der Waals surface area contributed by atoms with E-state index in [2.05, 4.69) is 6.92 Å². The Labute approximate surface area is 215 Å². The summed E-state index contributed by atoms with van der Waals surface area (Å²) in [6.07, 6.45) is 11.7. The van der Waals surface area contributed by atoms with E-state index < -0.39 is 17.2 Å². The molecule has 1 fully saturated rings. The summed E-state index contributed by atoms with van der Waals surface area (Å²) in [5.74, 6) is 0.187. The molecular formula is C30H40NO5. The molecular weight excluding hydrogens is 454 g/mol. The van der Waals surface area contributed by atoms with E-state index in [1.165, 1.54) is 44.9 Å². The summed E-state index contributed by atoms with van der Waals surface area (Å²) >= 11 is 0. The first kappa shape index (κ1) is 27.9. The van der Waals surface area contributed by atoms with Gasteiger partial charge < -0.3 is 9.47 Å². The van der Waals surface area contributed by atoms with E-state index in [1.54, 1.807) is 55.5 Å². The third-order valence-corrected chi connectivity index (χ3v) is 7.29. The molecule has 6 nitrogen and oxygen atoms in total. The summed E-state index contributed by atoms with van der Waals surface area (Å²) in [6.45, 7) is 6.39. The van der Waals surface area contributed by atoms with Gasteiger partial charge >= 0.3 is 5.97 Å². The molecule has 2 aromatic rings. The van der Waals surface area contributed by atoms with Gasteiger partial charge in [0.1, 0.15) is 12.0 Å². The summed E-state index contributed by atoms with van der Waals surface area (Å²) in [5, 5.41) is 14.2. The van der Waals surface area contributed by atoms with Crippen LogP contribution in [0.25, 0.3) is 0 Å². The smallest absolute Gasteiger partial charge is 0.339 e.